The normalized spacial score (nSPS) is 11.8. The molecule has 0 amide bonds. The molecule has 164 valence electrons. The van der Waals surface area contributed by atoms with Crippen molar-refractivity contribution >= 4 is 48.9 Å². The molecule has 0 aliphatic rings. The molecule has 33 heavy (non-hydrogen) atoms. The summed E-state index contributed by atoms with van der Waals surface area (Å²) in [6.45, 7) is 1.85. The summed E-state index contributed by atoms with van der Waals surface area (Å²) in [5.74, 6) is 0.744. The molecule has 0 spiro atoms. The Balaban J connectivity index is 1.69. The lowest BCUT2D eigenvalue weighted by Gasteiger charge is -2.05. The molecular formula is C25H19BrN4O2S. The van der Waals surface area contributed by atoms with Gasteiger partial charge in [0.05, 0.1) is 40.0 Å². The van der Waals surface area contributed by atoms with E-state index >= 15 is 0 Å². The third-order valence-corrected chi connectivity index (χ3v) is 6.78. The summed E-state index contributed by atoms with van der Waals surface area (Å²) in [5, 5.41) is 3.86. The maximum absolute atomic E-state index is 13.6. The van der Waals surface area contributed by atoms with Gasteiger partial charge in [0.1, 0.15) is 5.75 Å². The van der Waals surface area contributed by atoms with Crippen molar-refractivity contribution in [3.8, 4) is 22.1 Å². The maximum Gasteiger partial charge on any atom is 0.283 e. The average Bonchev–Trinajstić information content (AvgIpc) is 3.41. The van der Waals surface area contributed by atoms with Crippen LogP contribution in [0, 0.1) is 0 Å². The van der Waals surface area contributed by atoms with Crippen LogP contribution < -0.4 is 10.3 Å². The molecule has 0 unspecified atom stereocenters. The summed E-state index contributed by atoms with van der Waals surface area (Å²) in [6, 6.07) is 23.1. The third-order valence-electron chi connectivity index (χ3n) is 5.23. The fourth-order valence-electron chi connectivity index (χ4n) is 3.60. The van der Waals surface area contributed by atoms with Gasteiger partial charge in [-0.1, -0.05) is 39.4 Å². The molecule has 2 heterocycles. The number of aliphatic imine (C=N–C) groups is 1. The molecule has 6 nitrogen and oxygen atoms in total. The van der Waals surface area contributed by atoms with Gasteiger partial charge in [-0.15, -0.1) is 0 Å². The first-order valence-corrected chi connectivity index (χ1v) is 11.8. The van der Waals surface area contributed by atoms with E-state index in [9.17, 15) is 4.79 Å². The lowest BCUT2D eigenvalue weighted by atomic mass is 10.0. The second kappa shape index (κ2) is 8.80. The second-order valence-electron chi connectivity index (χ2n) is 7.37. The number of fused-ring (bicyclic) bond motifs is 1. The maximum atomic E-state index is 13.6. The van der Waals surface area contributed by atoms with E-state index in [2.05, 4.69) is 26.0 Å². The van der Waals surface area contributed by atoms with Gasteiger partial charge in [0.15, 0.2) is 0 Å². The monoisotopic (exact) mass is 518 g/mol. The van der Waals surface area contributed by atoms with Crippen LogP contribution in [0.1, 0.15) is 12.5 Å². The molecule has 8 heteroatoms. The molecule has 0 bridgehead atoms. The zero-order valence-electron chi connectivity index (χ0n) is 17.9. The standard InChI is InChI=1S/C25H19BrN4O2S/c1-15(27-18-11-9-17(26)10-12-18)22-23(16-7-13-19(32-2)14-8-16)29-30(24(22)31)25-28-20-5-3-4-6-21(20)33-25/h3-14,29H,1-2H3. The van der Waals surface area contributed by atoms with Crippen molar-refractivity contribution < 1.29 is 4.74 Å². The van der Waals surface area contributed by atoms with Crippen molar-refractivity contribution in [3.05, 3.63) is 93.2 Å². The van der Waals surface area contributed by atoms with E-state index in [0.29, 0.717) is 22.1 Å². The molecule has 0 fully saturated rings. The van der Waals surface area contributed by atoms with Crippen molar-refractivity contribution in [1.82, 2.24) is 14.8 Å². The number of methoxy groups -OCH3 is 1. The predicted molar refractivity (Wildman–Crippen MR) is 138 cm³/mol. The third kappa shape index (κ3) is 4.15. The SMILES string of the molecule is COc1ccc(-c2[nH]n(-c3nc4ccccc4s3)c(=O)c2C(C)=Nc2ccc(Br)cc2)cc1. The number of hydrogen-bond acceptors (Lipinski definition) is 5. The highest BCUT2D eigenvalue weighted by Crippen LogP contribution is 2.28. The van der Waals surface area contributed by atoms with Crippen LogP contribution in [0.4, 0.5) is 5.69 Å². The number of halogens is 1. The number of aromatic nitrogens is 3. The van der Waals surface area contributed by atoms with Crippen LogP contribution in [0.3, 0.4) is 0 Å². The van der Waals surface area contributed by atoms with E-state index in [4.69, 9.17) is 9.73 Å². The lowest BCUT2D eigenvalue weighted by molar-refractivity contribution is 0.415. The van der Waals surface area contributed by atoms with E-state index < -0.39 is 0 Å². The molecule has 0 atom stereocenters. The van der Waals surface area contributed by atoms with E-state index in [1.807, 2.05) is 79.7 Å². The van der Waals surface area contributed by atoms with Crippen molar-refractivity contribution in [2.75, 3.05) is 7.11 Å². The number of benzene rings is 3. The van der Waals surface area contributed by atoms with Gasteiger partial charge in [-0.25, -0.2) is 4.98 Å². The summed E-state index contributed by atoms with van der Waals surface area (Å²) in [5.41, 5.74) is 4.08. The molecule has 1 N–H and O–H groups in total. The largest absolute Gasteiger partial charge is 0.497 e. The Labute approximate surface area is 202 Å². The molecule has 0 saturated carbocycles. The number of nitrogens with zero attached hydrogens (tertiary/aromatic N) is 3. The Morgan fingerprint density at radius 3 is 2.48 bits per heavy atom. The first-order chi connectivity index (χ1) is 16.0. The van der Waals surface area contributed by atoms with Crippen molar-refractivity contribution in [2.24, 2.45) is 4.99 Å². The van der Waals surface area contributed by atoms with Crippen LogP contribution in [0.25, 0.3) is 26.6 Å². The molecule has 5 rings (SSSR count). The van der Waals surface area contributed by atoms with E-state index in [1.54, 1.807) is 7.11 Å². The number of thiazole rings is 1. The Bertz CT molecular complexity index is 1500. The summed E-state index contributed by atoms with van der Waals surface area (Å²) in [7, 11) is 1.63. The highest BCUT2D eigenvalue weighted by atomic mass is 79.9. The van der Waals surface area contributed by atoms with Gasteiger partial charge in [0.2, 0.25) is 5.13 Å². The molecule has 0 aliphatic heterocycles. The molecular weight excluding hydrogens is 500 g/mol. The topological polar surface area (TPSA) is 72.3 Å². The number of ether oxygens (including phenoxy) is 1. The molecule has 2 aromatic heterocycles. The highest BCUT2D eigenvalue weighted by molar-refractivity contribution is 9.10. The van der Waals surface area contributed by atoms with Crippen molar-refractivity contribution in [1.29, 1.82) is 0 Å². The van der Waals surface area contributed by atoms with Gasteiger partial charge >= 0.3 is 0 Å². The van der Waals surface area contributed by atoms with E-state index in [0.717, 1.165) is 31.7 Å². The number of aromatic amines is 1. The molecule has 0 aliphatic carbocycles. The van der Waals surface area contributed by atoms with Crippen LogP contribution in [-0.2, 0) is 0 Å². The van der Waals surface area contributed by atoms with Gasteiger partial charge in [0.25, 0.3) is 5.56 Å². The molecule has 5 aromatic rings. The fourth-order valence-corrected chi connectivity index (χ4v) is 4.78. The van der Waals surface area contributed by atoms with Gasteiger partial charge in [-0.05, 0) is 67.6 Å². The minimum Gasteiger partial charge on any atom is -0.497 e. The van der Waals surface area contributed by atoms with Gasteiger partial charge in [0, 0.05) is 10.0 Å². The van der Waals surface area contributed by atoms with E-state index in [1.165, 1.54) is 16.0 Å². The summed E-state index contributed by atoms with van der Waals surface area (Å²) < 4.78 is 8.78. The van der Waals surface area contributed by atoms with Gasteiger partial charge < -0.3 is 4.74 Å². The van der Waals surface area contributed by atoms with Crippen molar-refractivity contribution in [3.63, 3.8) is 0 Å². The Hall–Kier alpha value is -3.49. The van der Waals surface area contributed by atoms with Crippen LogP contribution >= 0.6 is 27.3 Å². The molecule has 0 radical (unpaired) electrons. The minimum atomic E-state index is -0.196. The zero-order valence-corrected chi connectivity index (χ0v) is 20.3. The summed E-state index contributed by atoms with van der Waals surface area (Å²) >= 11 is 4.90. The number of nitrogens with one attached hydrogen (secondary N) is 1. The average molecular weight is 519 g/mol. The molecule has 0 saturated heterocycles. The quantitative estimate of drug-likeness (QED) is 0.275. The van der Waals surface area contributed by atoms with Crippen LogP contribution in [-0.4, -0.2) is 27.6 Å². The van der Waals surface area contributed by atoms with E-state index in [-0.39, 0.29) is 5.56 Å². The van der Waals surface area contributed by atoms with Gasteiger partial charge in [-0.3, -0.25) is 14.9 Å². The van der Waals surface area contributed by atoms with Gasteiger partial charge in [-0.2, -0.15) is 4.68 Å². The number of para-hydroxylation sites is 1. The van der Waals surface area contributed by atoms with Crippen LogP contribution in [0.15, 0.2) is 87.1 Å². The first kappa shape index (κ1) is 21.4. The Kier molecular flexibility index (Phi) is 5.70. The predicted octanol–water partition coefficient (Wildman–Crippen LogP) is 6.35. The van der Waals surface area contributed by atoms with Crippen LogP contribution in [0.5, 0.6) is 5.75 Å². The van der Waals surface area contributed by atoms with Crippen molar-refractivity contribution in [2.45, 2.75) is 6.92 Å². The Morgan fingerprint density at radius 2 is 1.79 bits per heavy atom. The summed E-state index contributed by atoms with van der Waals surface area (Å²) in [6.07, 6.45) is 0. The number of rotatable bonds is 5. The van der Waals surface area contributed by atoms with Crippen LogP contribution in [0.2, 0.25) is 0 Å². The second-order valence-corrected chi connectivity index (χ2v) is 9.29. The smallest absolute Gasteiger partial charge is 0.283 e. The molecule has 3 aromatic carbocycles. The fraction of sp³-hybridized carbons (Fsp3) is 0.0800. The lowest BCUT2D eigenvalue weighted by Crippen LogP contribution is -2.19. The highest BCUT2D eigenvalue weighted by Gasteiger charge is 2.21. The first-order valence-electron chi connectivity index (χ1n) is 10.2. The number of hydrogen-bond donors (Lipinski definition) is 1. The summed E-state index contributed by atoms with van der Waals surface area (Å²) in [4.78, 5) is 23.0. The number of H-pyrrole nitrogens is 1. The minimum absolute atomic E-state index is 0.196. The zero-order chi connectivity index (χ0) is 22.9. The Morgan fingerprint density at radius 1 is 1.06 bits per heavy atom.